The zero-order valence-corrected chi connectivity index (χ0v) is 15.0. The number of hydrogen-bond donors (Lipinski definition) is 1. The first-order valence-corrected chi connectivity index (χ1v) is 8.49. The minimum absolute atomic E-state index is 0.0691. The molecule has 0 fully saturated rings. The summed E-state index contributed by atoms with van der Waals surface area (Å²) in [5.41, 5.74) is 3.78. The van der Waals surface area contributed by atoms with Crippen LogP contribution in [0.4, 0.5) is 0 Å². The molecule has 0 saturated carbocycles. The highest BCUT2D eigenvalue weighted by Gasteiger charge is 2.06. The van der Waals surface area contributed by atoms with Gasteiger partial charge in [-0.2, -0.15) is 0 Å². The lowest BCUT2D eigenvalue weighted by atomic mass is 10.1. The molecule has 0 spiro atoms. The predicted molar refractivity (Wildman–Crippen MR) is 98.1 cm³/mol. The van der Waals surface area contributed by atoms with E-state index < -0.39 is 0 Å². The number of aryl methyl sites for hydroxylation is 2. The molecular weight excluding hydrogens is 338 g/mol. The molecule has 1 amide bonds. The van der Waals surface area contributed by atoms with Crippen molar-refractivity contribution in [1.29, 1.82) is 0 Å². The Morgan fingerprint density at radius 3 is 2.92 bits per heavy atom. The molecule has 0 radical (unpaired) electrons. The molecule has 2 aromatic heterocycles. The minimum atomic E-state index is -0.0691. The Hall–Kier alpha value is -2.53. The number of halogens is 1. The number of imidazole rings is 1. The number of benzene rings is 1. The topological polar surface area (TPSA) is 55.6 Å². The Morgan fingerprint density at radius 1 is 1.24 bits per heavy atom. The van der Waals surface area contributed by atoms with E-state index in [4.69, 9.17) is 16.3 Å². The molecule has 0 atom stereocenters. The van der Waals surface area contributed by atoms with Crippen molar-refractivity contribution in [2.24, 2.45) is 0 Å². The van der Waals surface area contributed by atoms with Gasteiger partial charge in [0, 0.05) is 12.4 Å². The van der Waals surface area contributed by atoms with Gasteiger partial charge in [0.1, 0.15) is 11.4 Å². The summed E-state index contributed by atoms with van der Waals surface area (Å²) < 4.78 is 7.55. The van der Waals surface area contributed by atoms with Gasteiger partial charge in [0.15, 0.2) is 0 Å². The van der Waals surface area contributed by atoms with Gasteiger partial charge in [-0.05, 0) is 43.2 Å². The highest BCUT2D eigenvalue weighted by atomic mass is 35.5. The molecule has 6 heteroatoms. The minimum Gasteiger partial charge on any atom is -0.493 e. The maximum Gasteiger partial charge on any atom is 0.223 e. The van der Waals surface area contributed by atoms with Crippen LogP contribution in [0.25, 0.3) is 5.65 Å². The monoisotopic (exact) mass is 357 g/mol. The first-order valence-electron chi connectivity index (χ1n) is 8.11. The second kappa shape index (κ2) is 7.57. The van der Waals surface area contributed by atoms with E-state index in [2.05, 4.69) is 10.3 Å². The molecular formula is C19H20ClN3O2. The van der Waals surface area contributed by atoms with Crippen LogP contribution in [-0.4, -0.2) is 21.9 Å². The van der Waals surface area contributed by atoms with Gasteiger partial charge in [-0.15, -0.1) is 0 Å². The molecule has 1 aromatic carbocycles. The second-order valence-corrected chi connectivity index (χ2v) is 6.43. The number of ether oxygens (including phenoxy) is 1. The third kappa shape index (κ3) is 4.51. The fourth-order valence-corrected chi connectivity index (χ4v) is 2.66. The van der Waals surface area contributed by atoms with Crippen LogP contribution in [0, 0.1) is 13.8 Å². The summed E-state index contributed by atoms with van der Waals surface area (Å²) in [7, 11) is 0. The smallest absolute Gasteiger partial charge is 0.223 e. The van der Waals surface area contributed by atoms with Gasteiger partial charge in [-0.3, -0.25) is 4.79 Å². The highest BCUT2D eigenvalue weighted by molar-refractivity contribution is 6.30. The third-order valence-corrected chi connectivity index (χ3v) is 4.09. The predicted octanol–water partition coefficient (Wildman–Crippen LogP) is 3.69. The summed E-state index contributed by atoms with van der Waals surface area (Å²) in [5.74, 6) is 0.755. The van der Waals surface area contributed by atoms with E-state index in [1.165, 1.54) is 0 Å². The van der Waals surface area contributed by atoms with Crippen LogP contribution >= 0.6 is 11.6 Å². The zero-order valence-electron chi connectivity index (χ0n) is 14.3. The molecule has 0 aliphatic rings. The van der Waals surface area contributed by atoms with Crippen LogP contribution in [0.2, 0.25) is 5.02 Å². The van der Waals surface area contributed by atoms with Crippen molar-refractivity contribution >= 4 is 23.2 Å². The second-order valence-electron chi connectivity index (χ2n) is 5.99. The maximum atomic E-state index is 12.0. The number of amides is 1. The number of pyridine rings is 1. The van der Waals surface area contributed by atoms with E-state index in [1.54, 1.807) is 12.3 Å². The Labute approximate surface area is 151 Å². The van der Waals surface area contributed by atoms with Crippen LogP contribution in [0.5, 0.6) is 5.75 Å². The van der Waals surface area contributed by atoms with Crippen LogP contribution in [-0.2, 0) is 11.3 Å². The van der Waals surface area contributed by atoms with E-state index in [1.807, 2.05) is 48.7 Å². The summed E-state index contributed by atoms with van der Waals surface area (Å²) in [5, 5.41) is 3.50. The van der Waals surface area contributed by atoms with Crippen LogP contribution in [0.1, 0.15) is 23.2 Å². The van der Waals surface area contributed by atoms with Crippen LogP contribution in [0.15, 0.2) is 42.7 Å². The number of fused-ring (bicyclic) bond motifs is 1. The number of nitrogens with zero attached hydrogens (tertiary/aromatic N) is 2. The molecule has 0 aliphatic carbocycles. The number of aromatic nitrogens is 2. The van der Waals surface area contributed by atoms with Crippen molar-refractivity contribution in [2.75, 3.05) is 6.61 Å². The van der Waals surface area contributed by atoms with Gasteiger partial charge in [0.05, 0.1) is 30.3 Å². The van der Waals surface area contributed by atoms with Gasteiger partial charge < -0.3 is 14.5 Å². The van der Waals surface area contributed by atoms with Gasteiger partial charge >= 0.3 is 0 Å². The summed E-state index contributed by atoms with van der Waals surface area (Å²) in [6, 6.07) is 9.66. The molecule has 5 nitrogen and oxygen atoms in total. The average molecular weight is 358 g/mol. The van der Waals surface area contributed by atoms with Crippen LogP contribution < -0.4 is 10.1 Å². The normalized spacial score (nSPS) is 10.8. The molecule has 0 bridgehead atoms. The number of nitrogens with one attached hydrogen (secondary N) is 1. The van der Waals surface area contributed by atoms with E-state index in [0.29, 0.717) is 24.6 Å². The molecule has 2 heterocycles. The SMILES string of the molecule is Cc1ccc(C)c(OCCC(=O)NCc2cn3cc(Cl)ccc3n2)c1. The van der Waals surface area contributed by atoms with Gasteiger partial charge in [-0.1, -0.05) is 23.7 Å². The van der Waals surface area contributed by atoms with Crippen LogP contribution in [0.3, 0.4) is 0 Å². The lowest BCUT2D eigenvalue weighted by molar-refractivity contribution is -0.121. The Balaban J connectivity index is 1.48. The van der Waals surface area contributed by atoms with Crippen molar-refractivity contribution in [1.82, 2.24) is 14.7 Å². The van der Waals surface area contributed by atoms with E-state index in [-0.39, 0.29) is 5.91 Å². The molecule has 0 unspecified atom stereocenters. The number of rotatable bonds is 6. The largest absolute Gasteiger partial charge is 0.493 e. The summed E-state index contributed by atoms with van der Waals surface area (Å²) in [4.78, 5) is 16.4. The summed E-state index contributed by atoms with van der Waals surface area (Å²) in [6.07, 6.45) is 3.94. The molecule has 3 rings (SSSR count). The van der Waals surface area contributed by atoms with Crippen molar-refractivity contribution in [2.45, 2.75) is 26.8 Å². The zero-order chi connectivity index (χ0) is 17.8. The average Bonchev–Trinajstić information content (AvgIpc) is 2.98. The standard InChI is InChI=1S/C19H20ClN3O2/c1-13-3-4-14(2)17(9-13)25-8-7-19(24)21-10-16-12-23-11-15(20)5-6-18(23)22-16/h3-6,9,11-12H,7-8,10H2,1-2H3,(H,21,24). The molecule has 3 aromatic rings. The van der Waals surface area contributed by atoms with Crippen molar-refractivity contribution in [3.8, 4) is 5.75 Å². The first-order chi connectivity index (χ1) is 12.0. The molecule has 0 aliphatic heterocycles. The molecule has 130 valence electrons. The first kappa shape index (κ1) is 17.3. The summed E-state index contributed by atoms with van der Waals surface area (Å²) >= 11 is 5.95. The summed E-state index contributed by atoms with van der Waals surface area (Å²) in [6.45, 7) is 4.73. The van der Waals surface area contributed by atoms with E-state index in [9.17, 15) is 4.79 Å². The van der Waals surface area contributed by atoms with Crippen molar-refractivity contribution < 1.29 is 9.53 Å². The molecule has 1 N–H and O–H groups in total. The van der Waals surface area contributed by atoms with Gasteiger partial charge in [0.2, 0.25) is 5.91 Å². The quantitative estimate of drug-likeness (QED) is 0.732. The fourth-order valence-electron chi connectivity index (χ4n) is 2.50. The maximum absolute atomic E-state index is 12.0. The molecule has 0 saturated heterocycles. The number of hydrogen-bond acceptors (Lipinski definition) is 3. The van der Waals surface area contributed by atoms with E-state index >= 15 is 0 Å². The Morgan fingerprint density at radius 2 is 2.08 bits per heavy atom. The highest BCUT2D eigenvalue weighted by Crippen LogP contribution is 2.19. The Kier molecular flexibility index (Phi) is 5.24. The van der Waals surface area contributed by atoms with Gasteiger partial charge in [0.25, 0.3) is 0 Å². The van der Waals surface area contributed by atoms with Gasteiger partial charge in [-0.25, -0.2) is 4.98 Å². The lowest BCUT2D eigenvalue weighted by Crippen LogP contribution is -2.24. The lowest BCUT2D eigenvalue weighted by Gasteiger charge is -2.10. The number of carbonyl (C=O) groups is 1. The Bertz CT molecular complexity index is 905. The fraction of sp³-hybridized carbons (Fsp3) is 0.263. The van der Waals surface area contributed by atoms with Crippen molar-refractivity contribution in [3.63, 3.8) is 0 Å². The number of carbonyl (C=O) groups excluding carboxylic acids is 1. The third-order valence-electron chi connectivity index (χ3n) is 3.86. The molecule has 25 heavy (non-hydrogen) atoms. The van der Waals surface area contributed by atoms with Crippen molar-refractivity contribution in [3.05, 3.63) is 64.6 Å². The van der Waals surface area contributed by atoms with E-state index in [0.717, 1.165) is 28.2 Å².